The average molecular weight is 1330 g/mol. The molecule has 0 aliphatic carbocycles. The number of hydrogen-bond acceptors (Lipinski definition) is 20. The van der Waals surface area contributed by atoms with Gasteiger partial charge in [-0.25, -0.2) is 0 Å². The van der Waals surface area contributed by atoms with Gasteiger partial charge in [-0.2, -0.15) is 0 Å². The van der Waals surface area contributed by atoms with Crippen molar-refractivity contribution in [3.05, 3.63) is 262 Å². The lowest BCUT2D eigenvalue weighted by Gasteiger charge is -2.03. The third kappa shape index (κ3) is 28.2. The van der Waals surface area contributed by atoms with Crippen molar-refractivity contribution in [1.29, 1.82) is 0 Å². The van der Waals surface area contributed by atoms with Gasteiger partial charge < -0.3 is 60.9 Å². The zero-order valence-corrected chi connectivity index (χ0v) is 52.7. The fraction of sp³-hybridized carbons (Fsp3) is 0.0769. The molecule has 0 aliphatic heterocycles. The first kappa shape index (κ1) is 75.4. The van der Waals surface area contributed by atoms with Gasteiger partial charge in [0.05, 0.1) is 32.8 Å². The monoisotopic (exact) mass is 1320 g/mol. The Morgan fingerprint density at radius 2 is 0.449 bits per heavy atom. The Morgan fingerprint density at radius 1 is 0.255 bits per heavy atom. The summed E-state index contributed by atoms with van der Waals surface area (Å²) >= 11 is 0. The molecule has 98 heavy (non-hydrogen) atoms. The van der Waals surface area contributed by atoms with Crippen LogP contribution >= 0.6 is 0 Å². The second kappa shape index (κ2) is 38.6. The summed E-state index contributed by atoms with van der Waals surface area (Å²) in [6.07, 6.45) is 21.4. The van der Waals surface area contributed by atoms with Crippen molar-refractivity contribution < 1.29 is 99.3 Å². The van der Waals surface area contributed by atoms with Crippen LogP contribution in [0.15, 0.2) is 212 Å². The zero-order chi connectivity index (χ0) is 71.7. The van der Waals surface area contributed by atoms with Crippen LogP contribution in [0.5, 0.6) is 69.0 Å². The van der Waals surface area contributed by atoms with E-state index in [1.54, 1.807) is 66.8 Å². The highest BCUT2D eigenvalue weighted by Gasteiger charge is 2.10. The first-order valence-electron chi connectivity index (χ1n) is 29.5. The first-order valence-corrected chi connectivity index (χ1v) is 29.5. The number of ketones is 8. The molecule has 0 amide bonds. The smallest absolute Gasteiger partial charge is 0.163 e. The summed E-state index contributed by atoms with van der Waals surface area (Å²) in [6.45, 7) is 2.00. The first-order chi connectivity index (χ1) is 46.7. The summed E-state index contributed by atoms with van der Waals surface area (Å²) in [5, 5.41) is 102. The Hall–Kier alpha value is -13.4. The molecule has 0 unspecified atom stereocenters. The lowest BCUT2D eigenvalue weighted by atomic mass is 10.1. The van der Waals surface area contributed by atoms with Gasteiger partial charge >= 0.3 is 0 Å². The van der Waals surface area contributed by atoms with Crippen molar-refractivity contribution in [2.24, 2.45) is 0 Å². The number of allylic oxidation sites excluding steroid dienone is 8. The highest BCUT2D eigenvalue weighted by Crippen LogP contribution is 2.30. The van der Waals surface area contributed by atoms with Crippen LogP contribution in [0, 0.1) is 6.92 Å². The summed E-state index contributed by atoms with van der Waals surface area (Å²) < 4.78 is 4.98. The van der Waals surface area contributed by atoms with Gasteiger partial charge in [-0.15, -0.1) is 0 Å². The predicted molar refractivity (Wildman–Crippen MR) is 372 cm³/mol. The number of ether oxygens (including phenoxy) is 1. The number of phenols is 11. The van der Waals surface area contributed by atoms with E-state index in [0.29, 0.717) is 27.8 Å². The van der Waals surface area contributed by atoms with Gasteiger partial charge in [0.2, 0.25) is 0 Å². The summed E-state index contributed by atoms with van der Waals surface area (Å²) in [7, 11) is 1.42. The number of carbonyl (C=O) groups excluding carboxylic acids is 8. The molecular formula is C78H68O20. The van der Waals surface area contributed by atoms with E-state index in [-0.39, 0.29) is 124 Å². The normalized spacial score (nSPS) is 11.2. The predicted octanol–water partition coefficient (Wildman–Crippen LogP) is 12.8. The summed E-state index contributed by atoms with van der Waals surface area (Å²) in [6, 6.07) is 41.7. The van der Waals surface area contributed by atoms with E-state index in [4.69, 9.17) is 9.84 Å². The van der Waals surface area contributed by atoms with Gasteiger partial charge in [-0.3, -0.25) is 38.4 Å². The molecule has 0 bridgehead atoms. The number of carbonyl (C=O) groups is 8. The minimum Gasteiger partial charge on any atom is -0.508 e. The van der Waals surface area contributed by atoms with E-state index < -0.39 is 17.3 Å². The largest absolute Gasteiger partial charge is 0.508 e. The van der Waals surface area contributed by atoms with E-state index in [2.05, 4.69) is 0 Å². The van der Waals surface area contributed by atoms with E-state index in [9.17, 15) is 89.4 Å². The van der Waals surface area contributed by atoms with Crippen molar-refractivity contribution in [2.75, 3.05) is 7.11 Å². The molecule has 0 atom stereocenters. The maximum Gasteiger partial charge on any atom is 0.163 e. The van der Waals surface area contributed by atoms with E-state index in [0.717, 1.165) is 22.3 Å². The van der Waals surface area contributed by atoms with Gasteiger partial charge in [0, 0.05) is 0 Å². The Bertz CT molecular complexity index is 4270. The molecule has 0 radical (unpaired) electrons. The van der Waals surface area contributed by atoms with Crippen molar-refractivity contribution in [2.45, 2.75) is 32.6 Å². The lowest BCUT2D eigenvalue weighted by Crippen LogP contribution is -2.01. The number of phenolic OH excluding ortho intramolecular Hbond substituents is 11. The van der Waals surface area contributed by atoms with Crippen molar-refractivity contribution in [1.82, 2.24) is 0 Å². The van der Waals surface area contributed by atoms with Crippen LogP contribution in [0.1, 0.15) is 75.8 Å². The van der Waals surface area contributed by atoms with Crippen molar-refractivity contribution >= 4 is 94.9 Å². The standard InChI is InChI=1S/C20H18O6.C20H18O3.C19H16O6.C19H16O5/c1-26-20-11-14(5-9-18(20)24)3-7-16(22)12-15(21)6-2-13-4-8-17(23)19(25)10-13;1-15-2-4-16(5-3-15)8-12-19(22)14-20(23)13-9-17-6-10-18(21)11-7-17;20-14(5-1-12-3-7-16(22)18(24)9-12)11-15(21)6-2-13-4-8-17(23)19(25)10-13;20-15-6-1-13(2-7-15)3-8-16(21)12-17(22)9-4-14-5-10-18(23)19(24)11-14/h2-11,23-25H,12H2,1H3;2-13,21H,14H2,1H3;1-10,22-25H,11H2;1-11,20,23-24H,12H2/b6-2+,7-3+;12-8+,13-9+;5-1+,6-2+;8-3+,9-4+. The Labute approximate surface area is 562 Å². The molecule has 0 aromatic heterocycles. The quantitative estimate of drug-likeness (QED) is 0.0144. The van der Waals surface area contributed by atoms with Crippen LogP contribution in [0.2, 0.25) is 0 Å². The van der Waals surface area contributed by atoms with Crippen LogP contribution in [0.3, 0.4) is 0 Å². The third-order valence-electron chi connectivity index (χ3n) is 13.2. The highest BCUT2D eigenvalue weighted by atomic mass is 16.5. The molecule has 0 aliphatic rings. The molecule has 11 N–H and O–H groups in total. The summed E-state index contributed by atoms with van der Waals surface area (Å²) in [4.78, 5) is 94.2. The molecule has 0 spiro atoms. The Kier molecular flexibility index (Phi) is 29.7. The maximum atomic E-state index is 11.9. The van der Waals surface area contributed by atoms with Gasteiger partial charge in [-0.05, 0) is 185 Å². The molecule has 20 heteroatoms. The number of benzene rings is 8. The fourth-order valence-corrected chi connectivity index (χ4v) is 7.89. The van der Waals surface area contributed by atoms with Gasteiger partial charge in [0.1, 0.15) is 11.5 Å². The second-order valence-electron chi connectivity index (χ2n) is 21.1. The molecule has 500 valence electrons. The molecular weight excluding hydrogens is 1260 g/mol. The second-order valence-corrected chi connectivity index (χ2v) is 21.1. The van der Waals surface area contributed by atoms with Gasteiger partial charge in [-0.1, -0.05) is 133 Å². The highest BCUT2D eigenvalue weighted by molar-refractivity contribution is 6.13. The molecule has 0 fully saturated rings. The number of aromatic hydroxyl groups is 11. The summed E-state index contributed by atoms with van der Waals surface area (Å²) in [5.74, 6) is -4.40. The zero-order valence-electron chi connectivity index (χ0n) is 52.7. The molecule has 8 rings (SSSR count). The Morgan fingerprint density at radius 3 is 0.673 bits per heavy atom. The van der Waals surface area contributed by atoms with Crippen LogP contribution in [0.4, 0.5) is 0 Å². The minimum absolute atomic E-state index is 0.00319. The van der Waals surface area contributed by atoms with Crippen LogP contribution < -0.4 is 4.74 Å². The van der Waals surface area contributed by atoms with Crippen LogP contribution in [-0.4, -0.2) is 110 Å². The molecule has 8 aromatic carbocycles. The Balaban J connectivity index is 0.000000236. The van der Waals surface area contributed by atoms with Crippen LogP contribution in [-0.2, 0) is 38.4 Å². The van der Waals surface area contributed by atoms with Crippen molar-refractivity contribution in [3.63, 3.8) is 0 Å². The average Bonchev–Trinajstić information content (AvgIpc) is 1.05. The molecule has 0 saturated carbocycles. The van der Waals surface area contributed by atoms with Gasteiger partial charge in [0.15, 0.2) is 104 Å². The number of rotatable bonds is 25. The minimum atomic E-state index is -0.421. The topological polar surface area (TPSA) is 368 Å². The molecule has 0 heterocycles. The van der Waals surface area contributed by atoms with Crippen LogP contribution in [0.25, 0.3) is 48.6 Å². The lowest BCUT2D eigenvalue weighted by molar-refractivity contribution is -0.123. The van der Waals surface area contributed by atoms with E-state index in [1.165, 1.54) is 177 Å². The van der Waals surface area contributed by atoms with Crippen molar-refractivity contribution in [3.8, 4) is 69.0 Å². The van der Waals surface area contributed by atoms with E-state index in [1.807, 2.05) is 31.2 Å². The number of methoxy groups -OCH3 is 1. The SMILES string of the molecule is COc1cc(/C=C/C(=O)CC(=O)/C=C/c2ccc(O)c(O)c2)ccc1O.Cc1ccc(/C=C/C(=O)CC(=O)/C=C/c2ccc(O)cc2)cc1.O=C(/C=C/c1ccc(O)c(O)c1)CC(=O)/C=C/c1ccc(O)c(O)c1.O=C(/C=C/c1ccc(O)cc1)CC(=O)/C=C/c1ccc(O)c(O)c1. The summed E-state index contributed by atoms with van der Waals surface area (Å²) in [5.41, 5.74) is 6.33. The molecule has 20 nitrogen and oxygen atoms in total. The van der Waals surface area contributed by atoms with E-state index >= 15 is 0 Å². The molecule has 0 saturated heterocycles. The van der Waals surface area contributed by atoms with Gasteiger partial charge in [0.25, 0.3) is 0 Å². The molecule has 8 aromatic rings. The fourth-order valence-electron chi connectivity index (χ4n) is 7.89. The number of aryl methyl sites for hydroxylation is 1. The third-order valence-corrected chi connectivity index (χ3v) is 13.2. The number of hydrogen-bond donors (Lipinski definition) is 11. The maximum absolute atomic E-state index is 11.9.